The maximum atomic E-state index is 11.0. The fraction of sp³-hybridized carbons (Fsp3) is 0.444. The number of thiazole rings is 1. The summed E-state index contributed by atoms with van der Waals surface area (Å²) in [7, 11) is 0. The SMILES string of the molecule is CC[C@H](Sc1nc(CC(=O)O)cs1)C(N)=O. The number of aromatic nitrogens is 1. The zero-order valence-corrected chi connectivity index (χ0v) is 10.3. The van der Waals surface area contributed by atoms with Crippen molar-refractivity contribution >= 4 is 35.0 Å². The van der Waals surface area contributed by atoms with Gasteiger partial charge in [-0.1, -0.05) is 18.7 Å². The summed E-state index contributed by atoms with van der Waals surface area (Å²) in [4.78, 5) is 25.6. The molecule has 0 saturated heterocycles. The number of carboxylic acids is 1. The van der Waals surface area contributed by atoms with Crippen LogP contribution in [0.5, 0.6) is 0 Å². The predicted molar refractivity (Wildman–Crippen MR) is 62.6 cm³/mol. The van der Waals surface area contributed by atoms with E-state index in [1.807, 2.05) is 6.92 Å². The van der Waals surface area contributed by atoms with E-state index in [4.69, 9.17) is 10.8 Å². The number of amides is 1. The minimum atomic E-state index is -0.913. The zero-order valence-electron chi connectivity index (χ0n) is 8.67. The van der Waals surface area contributed by atoms with Crippen LogP contribution in [0.3, 0.4) is 0 Å². The predicted octanol–water partition coefficient (Wildman–Crippen LogP) is 1.13. The number of nitrogens with zero attached hydrogens (tertiary/aromatic N) is 1. The van der Waals surface area contributed by atoms with E-state index in [1.165, 1.54) is 23.1 Å². The van der Waals surface area contributed by atoms with Crippen molar-refractivity contribution in [3.05, 3.63) is 11.1 Å². The topological polar surface area (TPSA) is 93.3 Å². The Bertz CT molecular complexity index is 392. The van der Waals surface area contributed by atoms with Crippen LogP contribution in [-0.4, -0.2) is 27.2 Å². The first-order chi connectivity index (χ1) is 7.52. The third-order valence-electron chi connectivity index (χ3n) is 1.79. The van der Waals surface area contributed by atoms with Crippen LogP contribution >= 0.6 is 23.1 Å². The molecule has 0 bridgehead atoms. The maximum Gasteiger partial charge on any atom is 0.309 e. The van der Waals surface area contributed by atoms with Gasteiger partial charge in [-0.2, -0.15) is 0 Å². The fourth-order valence-corrected chi connectivity index (χ4v) is 3.00. The second-order valence-corrected chi connectivity index (χ2v) is 5.40. The van der Waals surface area contributed by atoms with Gasteiger partial charge in [0.15, 0.2) is 4.34 Å². The molecule has 0 aliphatic rings. The molecule has 7 heteroatoms. The van der Waals surface area contributed by atoms with Crippen LogP contribution in [-0.2, 0) is 16.0 Å². The summed E-state index contributed by atoms with van der Waals surface area (Å²) in [6.07, 6.45) is 0.540. The summed E-state index contributed by atoms with van der Waals surface area (Å²) in [6, 6.07) is 0. The highest BCUT2D eigenvalue weighted by Gasteiger charge is 2.16. The van der Waals surface area contributed by atoms with E-state index in [2.05, 4.69) is 4.98 Å². The van der Waals surface area contributed by atoms with Gasteiger partial charge in [-0.15, -0.1) is 11.3 Å². The second-order valence-electron chi connectivity index (χ2n) is 3.09. The number of carboxylic acid groups (broad SMARTS) is 1. The van der Waals surface area contributed by atoms with Crippen molar-refractivity contribution < 1.29 is 14.7 Å². The lowest BCUT2D eigenvalue weighted by Crippen LogP contribution is -2.24. The van der Waals surface area contributed by atoms with Crippen molar-refractivity contribution in [2.45, 2.75) is 29.4 Å². The van der Waals surface area contributed by atoms with E-state index in [1.54, 1.807) is 5.38 Å². The van der Waals surface area contributed by atoms with Gasteiger partial charge in [0.05, 0.1) is 17.4 Å². The number of primary amides is 1. The van der Waals surface area contributed by atoms with E-state index < -0.39 is 5.97 Å². The Morgan fingerprint density at radius 2 is 2.38 bits per heavy atom. The first-order valence-corrected chi connectivity index (χ1v) is 6.41. The number of hydrogen-bond donors (Lipinski definition) is 2. The smallest absolute Gasteiger partial charge is 0.309 e. The van der Waals surface area contributed by atoms with E-state index in [0.29, 0.717) is 16.5 Å². The highest BCUT2D eigenvalue weighted by Crippen LogP contribution is 2.28. The molecule has 0 unspecified atom stereocenters. The third kappa shape index (κ3) is 3.82. The summed E-state index contributed by atoms with van der Waals surface area (Å²) in [6.45, 7) is 1.87. The number of nitrogens with two attached hydrogens (primary N) is 1. The largest absolute Gasteiger partial charge is 0.481 e. The number of hydrogen-bond acceptors (Lipinski definition) is 5. The number of rotatable bonds is 6. The number of aliphatic carboxylic acids is 1. The van der Waals surface area contributed by atoms with Crippen molar-refractivity contribution in [2.24, 2.45) is 5.73 Å². The van der Waals surface area contributed by atoms with Crippen LogP contribution in [0.2, 0.25) is 0 Å². The number of thioether (sulfide) groups is 1. The normalized spacial score (nSPS) is 12.3. The molecule has 5 nitrogen and oxygen atoms in total. The monoisotopic (exact) mass is 260 g/mol. The second kappa shape index (κ2) is 5.86. The molecule has 0 saturated carbocycles. The summed E-state index contributed by atoms with van der Waals surface area (Å²) in [5.74, 6) is -1.29. The lowest BCUT2D eigenvalue weighted by molar-refractivity contribution is -0.136. The van der Waals surface area contributed by atoms with Crippen LogP contribution in [0.15, 0.2) is 9.72 Å². The molecule has 16 heavy (non-hydrogen) atoms. The molecule has 0 aromatic carbocycles. The summed E-state index contributed by atoms with van der Waals surface area (Å²) in [5.41, 5.74) is 5.72. The Labute approximate surface area is 101 Å². The molecular formula is C9H12N2O3S2. The maximum absolute atomic E-state index is 11.0. The number of carbonyl (C=O) groups is 2. The Kier molecular flexibility index (Phi) is 4.75. The van der Waals surface area contributed by atoms with E-state index >= 15 is 0 Å². The van der Waals surface area contributed by atoms with Crippen molar-refractivity contribution in [2.75, 3.05) is 0 Å². The molecule has 1 aromatic heterocycles. The lowest BCUT2D eigenvalue weighted by Gasteiger charge is -2.06. The minimum Gasteiger partial charge on any atom is -0.481 e. The Morgan fingerprint density at radius 1 is 1.69 bits per heavy atom. The molecular weight excluding hydrogens is 248 g/mol. The van der Waals surface area contributed by atoms with Crippen molar-refractivity contribution in [3.8, 4) is 0 Å². The average molecular weight is 260 g/mol. The molecule has 88 valence electrons. The Morgan fingerprint density at radius 3 is 2.88 bits per heavy atom. The van der Waals surface area contributed by atoms with Gasteiger partial charge in [-0.05, 0) is 6.42 Å². The third-order valence-corrected chi connectivity index (χ3v) is 4.20. The van der Waals surface area contributed by atoms with Crippen LogP contribution < -0.4 is 5.73 Å². The molecule has 1 aromatic rings. The van der Waals surface area contributed by atoms with E-state index in [9.17, 15) is 9.59 Å². The van der Waals surface area contributed by atoms with Crippen LogP contribution in [0.1, 0.15) is 19.0 Å². The van der Waals surface area contributed by atoms with Crippen molar-refractivity contribution in [3.63, 3.8) is 0 Å². The summed E-state index contributed by atoms with van der Waals surface area (Å²) < 4.78 is 0.682. The molecule has 0 fully saturated rings. The summed E-state index contributed by atoms with van der Waals surface area (Å²) >= 11 is 2.62. The van der Waals surface area contributed by atoms with Gasteiger partial charge in [0.1, 0.15) is 0 Å². The van der Waals surface area contributed by atoms with Crippen LogP contribution in [0, 0.1) is 0 Å². The van der Waals surface area contributed by atoms with Gasteiger partial charge in [0.25, 0.3) is 0 Å². The zero-order chi connectivity index (χ0) is 12.1. The van der Waals surface area contributed by atoms with Gasteiger partial charge in [-0.3, -0.25) is 9.59 Å². The van der Waals surface area contributed by atoms with E-state index in [0.717, 1.165) is 0 Å². The van der Waals surface area contributed by atoms with Crippen molar-refractivity contribution in [1.29, 1.82) is 0 Å². The molecule has 3 N–H and O–H groups in total. The summed E-state index contributed by atoms with van der Waals surface area (Å²) in [5, 5.41) is 9.96. The van der Waals surface area contributed by atoms with Crippen molar-refractivity contribution in [1.82, 2.24) is 4.98 Å². The highest BCUT2D eigenvalue weighted by molar-refractivity contribution is 8.02. The van der Waals surface area contributed by atoms with Gasteiger partial charge in [0, 0.05) is 5.38 Å². The molecule has 0 aliphatic heterocycles. The van der Waals surface area contributed by atoms with Crippen LogP contribution in [0.25, 0.3) is 0 Å². The molecule has 0 radical (unpaired) electrons. The molecule has 1 heterocycles. The first-order valence-electron chi connectivity index (χ1n) is 4.65. The van der Waals surface area contributed by atoms with E-state index in [-0.39, 0.29) is 17.6 Å². The lowest BCUT2D eigenvalue weighted by atomic mass is 10.3. The average Bonchev–Trinajstić information content (AvgIpc) is 2.60. The first kappa shape index (κ1) is 13.0. The standard InChI is InChI=1S/C9H12N2O3S2/c1-2-6(8(10)14)16-9-11-5(4-15-9)3-7(12)13/h4,6H,2-3H2,1H3,(H2,10,14)(H,12,13)/t6-/m0/s1. The number of carbonyl (C=O) groups excluding carboxylic acids is 1. The molecule has 0 aliphatic carbocycles. The quantitative estimate of drug-likeness (QED) is 0.748. The Hall–Kier alpha value is -1.08. The molecule has 0 spiro atoms. The van der Waals surface area contributed by atoms with Gasteiger partial charge in [-0.25, -0.2) is 4.98 Å². The van der Waals surface area contributed by atoms with Gasteiger partial charge >= 0.3 is 5.97 Å². The van der Waals surface area contributed by atoms with Crippen LogP contribution in [0.4, 0.5) is 0 Å². The molecule has 1 rings (SSSR count). The fourth-order valence-electron chi connectivity index (χ4n) is 1.04. The highest BCUT2D eigenvalue weighted by atomic mass is 32.2. The van der Waals surface area contributed by atoms with Gasteiger partial charge < -0.3 is 10.8 Å². The molecule has 1 atom stereocenters. The minimum absolute atomic E-state index is 0.0928. The Balaban J connectivity index is 2.64. The van der Waals surface area contributed by atoms with Gasteiger partial charge in [0.2, 0.25) is 5.91 Å². The molecule has 1 amide bonds.